The predicted octanol–water partition coefficient (Wildman–Crippen LogP) is 3.92. The van der Waals surface area contributed by atoms with E-state index >= 15 is 0 Å². The lowest BCUT2D eigenvalue weighted by Crippen LogP contribution is -2.23. The lowest BCUT2D eigenvalue weighted by molar-refractivity contribution is 0.491. The molecule has 0 spiro atoms. The first-order valence-electron chi connectivity index (χ1n) is 6.69. The molecule has 1 atom stereocenters. The fourth-order valence-corrected chi connectivity index (χ4v) is 3.75. The second-order valence-electron chi connectivity index (χ2n) is 4.94. The molecule has 0 radical (unpaired) electrons. The molecule has 0 aliphatic rings. The van der Waals surface area contributed by atoms with E-state index in [9.17, 15) is 8.42 Å². The first kappa shape index (κ1) is 18.4. The number of nitrogens with one attached hydrogen (secondary N) is 1. The van der Waals surface area contributed by atoms with E-state index in [-0.39, 0.29) is 11.8 Å². The minimum absolute atomic E-state index is 0.195. The van der Waals surface area contributed by atoms with Crippen molar-refractivity contribution < 1.29 is 8.42 Å². The topological polar surface area (TPSA) is 46.2 Å². The fourth-order valence-electron chi connectivity index (χ4n) is 2.02. The molecule has 6 heteroatoms. The zero-order chi connectivity index (χ0) is 15.2. The van der Waals surface area contributed by atoms with E-state index in [2.05, 4.69) is 62.9 Å². The fraction of sp³-hybridized carbons (Fsp3) is 0.571. The summed E-state index contributed by atoms with van der Waals surface area (Å²) >= 11 is 5.89. The van der Waals surface area contributed by atoms with Crippen LogP contribution in [-0.4, -0.2) is 27.0 Å². The van der Waals surface area contributed by atoms with Crippen LogP contribution >= 0.6 is 38.5 Å². The molecule has 0 amide bonds. The number of benzene rings is 1. The van der Waals surface area contributed by atoms with Crippen LogP contribution in [0.4, 0.5) is 0 Å². The summed E-state index contributed by atoms with van der Waals surface area (Å²) in [6.07, 6.45) is 3.86. The molecule has 0 saturated heterocycles. The van der Waals surface area contributed by atoms with Crippen molar-refractivity contribution in [2.24, 2.45) is 0 Å². The predicted molar refractivity (Wildman–Crippen MR) is 96.8 cm³/mol. The van der Waals surface area contributed by atoms with Gasteiger partial charge in [-0.3, -0.25) is 0 Å². The first-order chi connectivity index (χ1) is 9.33. The van der Waals surface area contributed by atoms with Gasteiger partial charge in [-0.2, -0.15) is 0 Å². The Kier molecular flexibility index (Phi) is 8.00. The van der Waals surface area contributed by atoms with Crippen LogP contribution in [0.5, 0.6) is 0 Å². The Morgan fingerprint density at radius 1 is 1.40 bits per heavy atom. The van der Waals surface area contributed by atoms with E-state index < -0.39 is 9.84 Å². The molecule has 3 nitrogen and oxygen atoms in total. The first-order valence-corrected chi connectivity index (χ1v) is 10.6. The van der Waals surface area contributed by atoms with Crippen molar-refractivity contribution in [2.45, 2.75) is 32.2 Å². The van der Waals surface area contributed by atoms with Crippen LogP contribution in [0.1, 0.15) is 37.8 Å². The van der Waals surface area contributed by atoms with Crippen LogP contribution in [0.25, 0.3) is 0 Å². The van der Waals surface area contributed by atoms with Crippen LogP contribution in [0.15, 0.2) is 22.7 Å². The highest BCUT2D eigenvalue weighted by molar-refractivity contribution is 14.1. The third kappa shape index (κ3) is 6.87. The van der Waals surface area contributed by atoms with Gasteiger partial charge in [0.15, 0.2) is 0 Å². The molecule has 0 bridgehead atoms. The molecule has 1 aromatic carbocycles. The highest BCUT2D eigenvalue weighted by Crippen LogP contribution is 2.28. The number of hydrogen-bond acceptors (Lipinski definition) is 3. The third-order valence-corrected chi connectivity index (χ3v) is 5.41. The maximum Gasteiger partial charge on any atom is 0.147 e. The van der Waals surface area contributed by atoms with Gasteiger partial charge in [0, 0.05) is 26.1 Å². The van der Waals surface area contributed by atoms with Gasteiger partial charge < -0.3 is 5.32 Å². The van der Waals surface area contributed by atoms with Gasteiger partial charge in [-0.25, -0.2) is 8.42 Å². The molecule has 1 unspecified atom stereocenters. The van der Waals surface area contributed by atoms with Crippen molar-refractivity contribution in [1.82, 2.24) is 5.32 Å². The van der Waals surface area contributed by atoms with Gasteiger partial charge in [0.2, 0.25) is 0 Å². The van der Waals surface area contributed by atoms with Gasteiger partial charge in [-0.1, -0.05) is 22.9 Å². The zero-order valence-electron chi connectivity index (χ0n) is 11.8. The van der Waals surface area contributed by atoms with Gasteiger partial charge in [0.05, 0.1) is 0 Å². The van der Waals surface area contributed by atoms with Gasteiger partial charge in [0.1, 0.15) is 9.84 Å². The maximum absolute atomic E-state index is 11.3. The van der Waals surface area contributed by atoms with Crippen LogP contribution in [-0.2, 0) is 9.84 Å². The Morgan fingerprint density at radius 3 is 2.70 bits per heavy atom. The summed E-state index contributed by atoms with van der Waals surface area (Å²) in [6.45, 7) is 3.06. The molecule has 114 valence electrons. The summed E-state index contributed by atoms with van der Waals surface area (Å²) in [5, 5.41) is 3.51. The van der Waals surface area contributed by atoms with Crippen LogP contribution < -0.4 is 5.32 Å². The standard InChI is InChI=1S/C14H21BrINO2S/c1-3-8-17-14(5-4-9-20(2,18)19)12-10-11(16)6-7-13(12)15/h6-7,10,14,17H,3-5,8-9H2,1-2H3. The van der Waals surface area contributed by atoms with Gasteiger partial charge >= 0.3 is 0 Å². The number of sulfone groups is 1. The smallest absolute Gasteiger partial charge is 0.147 e. The zero-order valence-corrected chi connectivity index (χ0v) is 16.4. The largest absolute Gasteiger partial charge is 0.310 e. The summed E-state index contributed by atoms with van der Waals surface area (Å²) < 4.78 is 24.8. The van der Waals surface area contributed by atoms with Crippen molar-refractivity contribution in [3.05, 3.63) is 31.8 Å². The molecular formula is C14H21BrINO2S. The third-order valence-electron chi connectivity index (χ3n) is 2.98. The van der Waals surface area contributed by atoms with Crippen molar-refractivity contribution in [3.8, 4) is 0 Å². The Hall–Kier alpha value is 0.340. The molecule has 1 N–H and O–H groups in total. The SMILES string of the molecule is CCCNC(CCCS(C)(=O)=O)c1cc(I)ccc1Br. The minimum Gasteiger partial charge on any atom is -0.310 e. The van der Waals surface area contributed by atoms with Crippen LogP contribution in [0.2, 0.25) is 0 Å². The molecule has 0 fully saturated rings. The normalized spacial score (nSPS) is 13.4. The lowest BCUT2D eigenvalue weighted by atomic mass is 10.0. The van der Waals surface area contributed by atoms with E-state index in [1.165, 1.54) is 15.4 Å². The van der Waals surface area contributed by atoms with E-state index in [1.807, 2.05) is 6.07 Å². The summed E-state index contributed by atoms with van der Waals surface area (Å²) in [6, 6.07) is 6.45. The van der Waals surface area contributed by atoms with Crippen molar-refractivity contribution in [2.75, 3.05) is 18.6 Å². The highest BCUT2D eigenvalue weighted by atomic mass is 127. The molecule has 0 aliphatic carbocycles. The minimum atomic E-state index is -2.88. The summed E-state index contributed by atoms with van der Waals surface area (Å²) in [7, 11) is -2.88. The molecule has 0 heterocycles. The Morgan fingerprint density at radius 2 is 2.10 bits per heavy atom. The molecule has 0 aromatic heterocycles. The average Bonchev–Trinajstić information content (AvgIpc) is 2.35. The molecule has 20 heavy (non-hydrogen) atoms. The average molecular weight is 474 g/mol. The Labute approximate surface area is 144 Å². The van der Waals surface area contributed by atoms with Crippen molar-refractivity contribution in [1.29, 1.82) is 0 Å². The van der Waals surface area contributed by atoms with Gasteiger partial charge in [-0.05, 0) is 72.2 Å². The molecule has 1 rings (SSSR count). The van der Waals surface area contributed by atoms with Crippen molar-refractivity contribution in [3.63, 3.8) is 0 Å². The number of rotatable bonds is 8. The number of hydrogen-bond donors (Lipinski definition) is 1. The van der Waals surface area contributed by atoms with E-state index in [0.717, 1.165) is 23.9 Å². The van der Waals surface area contributed by atoms with E-state index in [4.69, 9.17) is 0 Å². The molecule has 1 aromatic rings. The maximum atomic E-state index is 11.3. The highest BCUT2D eigenvalue weighted by Gasteiger charge is 2.15. The van der Waals surface area contributed by atoms with Gasteiger partial charge in [0.25, 0.3) is 0 Å². The van der Waals surface area contributed by atoms with Crippen LogP contribution in [0.3, 0.4) is 0 Å². The Balaban J connectivity index is 2.80. The van der Waals surface area contributed by atoms with Crippen LogP contribution in [0, 0.1) is 3.57 Å². The summed E-state index contributed by atoms with van der Waals surface area (Å²) in [4.78, 5) is 0. The molecular weight excluding hydrogens is 453 g/mol. The second kappa shape index (κ2) is 8.70. The molecule has 0 aliphatic heterocycles. The summed E-state index contributed by atoms with van der Waals surface area (Å²) in [5.74, 6) is 0.249. The van der Waals surface area contributed by atoms with E-state index in [0.29, 0.717) is 6.42 Å². The monoisotopic (exact) mass is 473 g/mol. The number of halogens is 2. The Bertz CT molecular complexity index is 534. The van der Waals surface area contributed by atoms with Crippen molar-refractivity contribution >= 4 is 48.4 Å². The van der Waals surface area contributed by atoms with Gasteiger partial charge in [-0.15, -0.1) is 0 Å². The van der Waals surface area contributed by atoms with E-state index in [1.54, 1.807) is 0 Å². The molecule has 0 saturated carbocycles. The lowest BCUT2D eigenvalue weighted by Gasteiger charge is -2.20. The second-order valence-corrected chi connectivity index (χ2v) is 9.30. The summed E-state index contributed by atoms with van der Waals surface area (Å²) in [5.41, 5.74) is 1.21. The quantitative estimate of drug-likeness (QED) is 0.582.